The molecule has 3 amide bonds. The maximum atomic E-state index is 14.6. The number of amides is 3. The highest BCUT2D eigenvalue weighted by Gasteiger charge is 2.73. The number of carbonyl (C=O) groups excluding carboxylic acids is 4. The Morgan fingerprint density at radius 3 is 2.52 bits per heavy atom. The predicted octanol–water partition coefficient (Wildman–Crippen LogP) is 2.96. The Balaban J connectivity index is 1.42. The fourth-order valence-corrected chi connectivity index (χ4v) is 6.84. The maximum absolute atomic E-state index is 14.6. The molecule has 10 nitrogen and oxygen atoms in total. The molecule has 6 atom stereocenters. The average Bonchev–Trinajstić information content (AvgIpc) is 3.67. The van der Waals surface area contributed by atoms with E-state index in [1.54, 1.807) is 41.3 Å². The van der Waals surface area contributed by atoms with Crippen LogP contribution in [0.1, 0.15) is 30.9 Å². The molecule has 5 bridgehead atoms. The topological polar surface area (TPSA) is 125 Å². The number of nitrogens with zero attached hydrogens (tertiary/aromatic N) is 2. The Bertz CT molecular complexity index is 1480. The first kappa shape index (κ1) is 30.1. The van der Waals surface area contributed by atoms with Crippen molar-refractivity contribution in [2.75, 3.05) is 31.1 Å². The van der Waals surface area contributed by atoms with Crippen LogP contribution in [-0.4, -0.2) is 77.7 Å². The van der Waals surface area contributed by atoms with E-state index in [4.69, 9.17) is 21.1 Å². The quantitative estimate of drug-likeness (QED) is 0.389. The van der Waals surface area contributed by atoms with Crippen LogP contribution in [0.2, 0.25) is 5.02 Å². The van der Waals surface area contributed by atoms with Crippen molar-refractivity contribution in [3.05, 3.63) is 89.5 Å². The highest BCUT2D eigenvalue weighted by molar-refractivity contribution is 6.30. The molecule has 1 spiro atoms. The van der Waals surface area contributed by atoms with Gasteiger partial charge < -0.3 is 29.7 Å². The fraction of sp³-hybridized carbons (Fsp3) is 0.394. The number of likely N-dealkylation sites (tertiary alicyclic amines) is 1. The van der Waals surface area contributed by atoms with Crippen molar-refractivity contribution in [2.45, 2.75) is 43.1 Å². The molecule has 2 aromatic rings. The highest BCUT2D eigenvalue weighted by Crippen LogP contribution is 2.56. The van der Waals surface area contributed by atoms with Crippen LogP contribution in [0, 0.1) is 11.8 Å². The molecule has 0 saturated carbocycles. The molecule has 2 saturated heterocycles. The van der Waals surface area contributed by atoms with Crippen molar-refractivity contribution < 1.29 is 33.8 Å². The van der Waals surface area contributed by atoms with Gasteiger partial charge in [0.2, 0.25) is 11.8 Å². The number of ether oxygens (including phenoxy) is 2. The smallest absolute Gasteiger partial charge is 0.313 e. The normalized spacial score (nSPS) is 31.2. The van der Waals surface area contributed by atoms with Crippen molar-refractivity contribution in [2.24, 2.45) is 11.8 Å². The number of cyclic esters (lactones) is 1. The van der Waals surface area contributed by atoms with Crippen LogP contribution >= 0.6 is 11.6 Å². The number of aliphatic hydroxyl groups excluding tert-OH is 1. The lowest BCUT2D eigenvalue weighted by atomic mass is 9.74. The summed E-state index contributed by atoms with van der Waals surface area (Å²) in [7, 11) is 0. The third-order valence-corrected chi connectivity index (χ3v) is 9.00. The van der Waals surface area contributed by atoms with E-state index in [0.29, 0.717) is 22.7 Å². The van der Waals surface area contributed by atoms with Crippen LogP contribution in [0.4, 0.5) is 5.69 Å². The monoisotopic (exact) mass is 619 g/mol. The number of nitrogens with one attached hydrogen (secondary N) is 1. The number of fused-ring (bicyclic) bond motifs is 2. The lowest BCUT2D eigenvalue weighted by Gasteiger charge is -2.36. The van der Waals surface area contributed by atoms with Gasteiger partial charge in [0.05, 0.1) is 18.6 Å². The first-order valence-electron chi connectivity index (χ1n) is 14.9. The summed E-state index contributed by atoms with van der Waals surface area (Å²) in [6.07, 6.45) is 6.44. The van der Waals surface area contributed by atoms with Gasteiger partial charge in [0, 0.05) is 36.8 Å². The third kappa shape index (κ3) is 5.42. The van der Waals surface area contributed by atoms with Crippen molar-refractivity contribution in [3.63, 3.8) is 0 Å². The highest BCUT2D eigenvalue weighted by atomic mass is 35.5. The molecule has 4 aliphatic rings. The predicted molar refractivity (Wildman–Crippen MR) is 161 cm³/mol. The van der Waals surface area contributed by atoms with E-state index in [1.807, 2.05) is 42.5 Å². The number of esters is 1. The number of carbonyl (C=O) groups is 4. The minimum atomic E-state index is -1.39. The number of allylic oxidation sites excluding steroid dienone is 1. The van der Waals surface area contributed by atoms with E-state index in [-0.39, 0.29) is 45.0 Å². The summed E-state index contributed by atoms with van der Waals surface area (Å²) in [5.74, 6) is -3.64. The van der Waals surface area contributed by atoms with Gasteiger partial charge in [-0.1, -0.05) is 66.2 Å². The van der Waals surface area contributed by atoms with Crippen molar-refractivity contribution in [1.29, 1.82) is 0 Å². The summed E-state index contributed by atoms with van der Waals surface area (Å²) in [5, 5.41) is 13.0. The summed E-state index contributed by atoms with van der Waals surface area (Å²) < 4.78 is 12.5. The van der Waals surface area contributed by atoms with Gasteiger partial charge >= 0.3 is 5.97 Å². The summed E-state index contributed by atoms with van der Waals surface area (Å²) in [5.41, 5.74) is -0.133. The molecule has 0 aromatic heterocycles. The van der Waals surface area contributed by atoms with Crippen molar-refractivity contribution in [1.82, 2.24) is 10.2 Å². The van der Waals surface area contributed by atoms with Crippen LogP contribution < -0.4 is 10.2 Å². The van der Waals surface area contributed by atoms with Gasteiger partial charge in [-0.2, -0.15) is 0 Å². The second-order valence-electron chi connectivity index (χ2n) is 11.4. The van der Waals surface area contributed by atoms with E-state index < -0.39 is 53.5 Å². The SMILES string of the molecule is O=C1CC/C=C\CN(c2ccc(Cl)cc2)C(=O)[C@@H]2N(CCCO)C(=O)[C@H]3[C@H](C(=O)O[C@H](c4ccccc4)CN1)[C@@H]1C=C[C@]23O1. The molecule has 230 valence electrons. The standard InChI is InChI=1S/C33H34ClN3O7/c34-22-11-13-23(14-12-22)36-17-6-2-5-10-26(39)35-20-25(21-8-3-1-4-9-21)43-32(42)27-24-15-16-33(44-24)28(27)30(40)37(18-7-19-38)29(33)31(36)41/h1-4,6,8-9,11-16,24-25,27-29,38H,5,7,10,17-20H2,(H,35,39)/b6-2-/t24-,25-,27+,28+,29-,33+/m0/s1. The second kappa shape index (κ2) is 12.6. The molecular weight excluding hydrogens is 586 g/mol. The van der Waals surface area contributed by atoms with E-state index in [2.05, 4.69) is 5.32 Å². The van der Waals surface area contributed by atoms with Gasteiger partial charge in [-0.3, -0.25) is 19.2 Å². The first-order valence-corrected chi connectivity index (χ1v) is 15.2. The molecule has 2 fully saturated rings. The Hall–Kier alpha value is -3.99. The van der Waals surface area contributed by atoms with Crippen molar-refractivity contribution in [3.8, 4) is 0 Å². The average molecular weight is 620 g/mol. The van der Waals surface area contributed by atoms with Crippen LogP contribution in [0.15, 0.2) is 78.9 Å². The minimum Gasteiger partial charge on any atom is -0.455 e. The molecule has 4 aliphatic heterocycles. The molecule has 6 rings (SSSR count). The number of benzene rings is 2. The fourth-order valence-electron chi connectivity index (χ4n) is 6.71. The molecule has 0 radical (unpaired) electrons. The first-order chi connectivity index (χ1) is 21.3. The molecule has 11 heteroatoms. The van der Waals surface area contributed by atoms with Gasteiger partial charge in [-0.25, -0.2) is 0 Å². The lowest BCUT2D eigenvalue weighted by Crippen LogP contribution is -2.56. The molecular formula is C33H34ClN3O7. The largest absolute Gasteiger partial charge is 0.455 e. The molecule has 4 heterocycles. The Morgan fingerprint density at radius 2 is 1.77 bits per heavy atom. The van der Waals surface area contributed by atoms with Crippen molar-refractivity contribution >= 4 is 41.0 Å². The third-order valence-electron chi connectivity index (χ3n) is 8.75. The molecule has 44 heavy (non-hydrogen) atoms. The van der Waals surface area contributed by atoms with E-state index in [9.17, 15) is 24.3 Å². The number of hydrogen-bond donors (Lipinski definition) is 2. The van der Waals surface area contributed by atoms with E-state index >= 15 is 0 Å². The van der Waals surface area contributed by atoms with Crippen LogP contribution in [0.5, 0.6) is 0 Å². The number of aliphatic hydroxyl groups is 1. The Kier molecular flexibility index (Phi) is 8.57. The maximum Gasteiger partial charge on any atom is 0.313 e. The second-order valence-corrected chi connectivity index (χ2v) is 11.8. The number of halogens is 1. The van der Waals surface area contributed by atoms with Gasteiger partial charge in [0.15, 0.2) is 0 Å². The summed E-state index contributed by atoms with van der Waals surface area (Å²) in [6, 6.07) is 14.8. The summed E-state index contributed by atoms with van der Waals surface area (Å²) in [4.78, 5) is 58.4. The van der Waals surface area contributed by atoms with Crippen LogP contribution in [-0.2, 0) is 28.7 Å². The van der Waals surface area contributed by atoms with Crippen LogP contribution in [0.25, 0.3) is 0 Å². The lowest BCUT2D eigenvalue weighted by molar-refractivity contribution is -0.159. The zero-order valence-corrected chi connectivity index (χ0v) is 24.8. The summed E-state index contributed by atoms with van der Waals surface area (Å²) in [6.45, 7) is 0.151. The van der Waals surface area contributed by atoms with Gasteiger partial charge in [0.1, 0.15) is 23.7 Å². The van der Waals surface area contributed by atoms with E-state index in [0.717, 1.165) is 0 Å². The number of hydrogen-bond acceptors (Lipinski definition) is 7. The minimum absolute atomic E-state index is 0.0597. The van der Waals surface area contributed by atoms with Gasteiger partial charge in [0.25, 0.3) is 5.91 Å². The molecule has 0 aliphatic carbocycles. The molecule has 0 unspecified atom stereocenters. The summed E-state index contributed by atoms with van der Waals surface area (Å²) >= 11 is 6.14. The zero-order valence-electron chi connectivity index (χ0n) is 24.0. The van der Waals surface area contributed by atoms with Gasteiger partial charge in [-0.05, 0) is 42.7 Å². The Morgan fingerprint density at radius 1 is 1.00 bits per heavy atom. The number of rotatable bonds is 5. The van der Waals surface area contributed by atoms with Gasteiger partial charge in [-0.15, -0.1) is 0 Å². The van der Waals surface area contributed by atoms with Crippen LogP contribution in [0.3, 0.4) is 0 Å². The number of anilines is 1. The molecule has 2 aromatic carbocycles. The Labute approximate surface area is 260 Å². The van der Waals surface area contributed by atoms with E-state index in [1.165, 1.54) is 4.90 Å². The zero-order chi connectivity index (χ0) is 30.8. The molecule has 2 N–H and O–H groups in total.